The Hall–Kier alpha value is -1.93. The molecule has 1 atom stereocenters. The standard InChI is InChI=1S/C14H20N2O5S/c1-11(8-14(18)19)9-15-13(17)10-16(2)22(20,21)12-6-4-3-5-7-12/h3-7,11H,8-10H2,1-2H3,(H,15,17)(H,18,19). The fourth-order valence-corrected chi connectivity index (χ4v) is 2.92. The van der Waals surface area contributed by atoms with Crippen LogP contribution in [0.4, 0.5) is 0 Å². The van der Waals surface area contributed by atoms with Gasteiger partial charge in [-0.1, -0.05) is 25.1 Å². The Balaban J connectivity index is 2.56. The van der Waals surface area contributed by atoms with Crippen molar-refractivity contribution in [3.63, 3.8) is 0 Å². The molecule has 1 rings (SSSR count). The van der Waals surface area contributed by atoms with Crippen molar-refractivity contribution in [1.29, 1.82) is 0 Å². The van der Waals surface area contributed by atoms with Gasteiger partial charge in [0.25, 0.3) is 0 Å². The second kappa shape index (κ2) is 7.90. The Morgan fingerprint density at radius 3 is 2.41 bits per heavy atom. The summed E-state index contributed by atoms with van der Waals surface area (Å²) in [4.78, 5) is 22.4. The van der Waals surface area contributed by atoms with Crippen molar-refractivity contribution in [3.8, 4) is 0 Å². The highest BCUT2D eigenvalue weighted by Gasteiger charge is 2.22. The Morgan fingerprint density at radius 2 is 1.86 bits per heavy atom. The number of nitrogens with zero attached hydrogens (tertiary/aromatic N) is 1. The summed E-state index contributed by atoms with van der Waals surface area (Å²) in [5.74, 6) is -1.64. The third-order valence-corrected chi connectivity index (χ3v) is 4.81. The van der Waals surface area contributed by atoms with Gasteiger partial charge in [-0.15, -0.1) is 0 Å². The molecule has 7 nitrogen and oxygen atoms in total. The highest BCUT2D eigenvalue weighted by Crippen LogP contribution is 2.12. The molecule has 22 heavy (non-hydrogen) atoms. The number of nitrogens with one attached hydrogen (secondary N) is 1. The van der Waals surface area contributed by atoms with Gasteiger partial charge in [0.15, 0.2) is 0 Å². The van der Waals surface area contributed by atoms with Crippen molar-refractivity contribution in [2.24, 2.45) is 5.92 Å². The monoisotopic (exact) mass is 328 g/mol. The quantitative estimate of drug-likeness (QED) is 0.724. The zero-order chi connectivity index (χ0) is 16.8. The maximum absolute atomic E-state index is 12.2. The summed E-state index contributed by atoms with van der Waals surface area (Å²) in [6.45, 7) is 1.56. The Labute approximate surface area is 130 Å². The minimum absolute atomic E-state index is 0.0571. The van der Waals surface area contributed by atoms with Crippen LogP contribution >= 0.6 is 0 Å². The lowest BCUT2D eigenvalue weighted by Crippen LogP contribution is -2.39. The molecule has 0 aliphatic heterocycles. The molecule has 0 radical (unpaired) electrons. The summed E-state index contributed by atoms with van der Waals surface area (Å²) in [5, 5.41) is 11.2. The van der Waals surface area contributed by atoms with E-state index in [2.05, 4.69) is 5.32 Å². The van der Waals surface area contributed by atoms with Gasteiger partial charge >= 0.3 is 5.97 Å². The number of carboxylic acids is 1. The summed E-state index contributed by atoms with van der Waals surface area (Å²) in [6.07, 6.45) is -0.0571. The molecule has 2 N–H and O–H groups in total. The van der Waals surface area contributed by atoms with Gasteiger partial charge in [-0.3, -0.25) is 9.59 Å². The minimum atomic E-state index is -3.71. The van der Waals surface area contributed by atoms with E-state index in [1.807, 2.05) is 0 Å². The predicted molar refractivity (Wildman–Crippen MR) is 80.7 cm³/mol. The molecule has 1 aromatic carbocycles. The summed E-state index contributed by atoms with van der Waals surface area (Å²) in [7, 11) is -2.39. The molecule has 0 aromatic heterocycles. The number of hydrogen-bond donors (Lipinski definition) is 2. The molecule has 0 aliphatic carbocycles. The van der Waals surface area contributed by atoms with Crippen LogP contribution in [0.3, 0.4) is 0 Å². The average molecular weight is 328 g/mol. The maximum Gasteiger partial charge on any atom is 0.303 e. The van der Waals surface area contributed by atoms with Gasteiger partial charge in [-0.05, 0) is 18.1 Å². The van der Waals surface area contributed by atoms with Crippen molar-refractivity contribution in [3.05, 3.63) is 30.3 Å². The van der Waals surface area contributed by atoms with E-state index in [1.54, 1.807) is 25.1 Å². The number of amides is 1. The molecule has 8 heteroatoms. The Bertz CT molecular complexity index is 615. The minimum Gasteiger partial charge on any atom is -0.481 e. The lowest BCUT2D eigenvalue weighted by atomic mass is 10.1. The van der Waals surface area contributed by atoms with Crippen molar-refractivity contribution in [2.75, 3.05) is 20.1 Å². The Kier molecular flexibility index (Phi) is 6.51. The molecular formula is C14H20N2O5S. The van der Waals surface area contributed by atoms with E-state index in [0.29, 0.717) is 0 Å². The van der Waals surface area contributed by atoms with E-state index in [1.165, 1.54) is 19.2 Å². The molecule has 0 fully saturated rings. The highest BCUT2D eigenvalue weighted by atomic mass is 32.2. The fourth-order valence-electron chi connectivity index (χ4n) is 1.77. The summed E-state index contributed by atoms with van der Waals surface area (Å²) >= 11 is 0. The van der Waals surface area contributed by atoms with Gasteiger partial charge in [0.05, 0.1) is 11.4 Å². The maximum atomic E-state index is 12.2. The zero-order valence-corrected chi connectivity index (χ0v) is 13.3. The van der Waals surface area contributed by atoms with Gasteiger partial charge in [0, 0.05) is 20.0 Å². The van der Waals surface area contributed by atoms with Crippen LogP contribution in [0.1, 0.15) is 13.3 Å². The van der Waals surface area contributed by atoms with Crippen LogP contribution in [0.15, 0.2) is 35.2 Å². The van der Waals surface area contributed by atoms with E-state index in [9.17, 15) is 18.0 Å². The lowest BCUT2D eigenvalue weighted by Gasteiger charge is -2.17. The summed E-state index contributed by atoms with van der Waals surface area (Å²) < 4.78 is 25.4. The predicted octanol–water partition coefficient (Wildman–Crippen LogP) is 0.534. The number of carboxylic acid groups (broad SMARTS) is 1. The normalized spacial score (nSPS) is 12.9. The van der Waals surface area contributed by atoms with Crippen molar-refractivity contribution in [1.82, 2.24) is 9.62 Å². The largest absolute Gasteiger partial charge is 0.481 e. The first-order valence-electron chi connectivity index (χ1n) is 6.73. The van der Waals surface area contributed by atoms with Crippen LogP contribution in [0.25, 0.3) is 0 Å². The van der Waals surface area contributed by atoms with Crippen LogP contribution < -0.4 is 5.32 Å². The molecule has 0 spiro atoms. The van der Waals surface area contributed by atoms with E-state index in [4.69, 9.17) is 5.11 Å². The molecule has 122 valence electrons. The number of rotatable bonds is 8. The molecule has 0 saturated heterocycles. The number of carbonyl (C=O) groups is 2. The smallest absolute Gasteiger partial charge is 0.303 e. The average Bonchev–Trinajstić information content (AvgIpc) is 2.45. The number of benzene rings is 1. The first-order valence-corrected chi connectivity index (χ1v) is 8.17. The first-order chi connectivity index (χ1) is 10.2. The number of likely N-dealkylation sites (N-methyl/N-ethyl adjacent to an activating group) is 1. The van der Waals surface area contributed by atoms with E-state index < -0.39 is 21.9 Å². The van der Waals surface area contributed by atoms with Crippen LogP contribution in [-0.4, -0.2) is 49.8 Å². The van der Waals surface area contributed by atoms with Crippen LogP contribution in [0, 0.1) is 5.92 Å². The number of hydrogen-bond acceptors (Lipinski definition) is 4. The lowest BCUT2D eigenvalue weighted by molar-refractivity contribution is -0.138. The zero-order valence-electron chi connectivity index (χ0n) is 12.5. The van der Waals surface area contributed by atoms with Gasteiger partial charge in [0.2, 0.25) is 15.9 Å². The Morgan fingerprint density at radius 1 is 1.27 bits per heavy atom. The summed E-state index contributed by atoms with van der Waals surface area (Å²) in [6, 6.07) is 7.83. The fraction of sp³-hybridized carbons (Fsp3) is 0.429. The van der Waals surface area contributed by atoms with Gasteiger partial charge in [-0.25, -0.2) is 8.42 Å². The molecule has 0 saturated carbocycles. The second-order valence-electron chi connectivity index (χ2n) is 5.08. The van der Waals surface area contributed by atoms with Gasteiger partial charge in [0.1, 0.15) is 0 Å². The number of aliphatic carboxylic acids is 1. The second-order valence-corrected chi connectivity index (χ2v) is 7.13. The van der Waals surface area contributed by atoms with Crippen LogP contribution in [-0.2, 0) is 19.6 Å². The molecule has 1 aromatic rings. The molecular weight excluding hydrogens is 308 g/mol. The first kappa shape index (κ1) is 18.1. The number of sulfonamides is 1. The third-order valence-electron chi connectivity index (χ3n) is 2.99. The molecule has 1 amide bonds. The third kappa shape index (κ3) is 5.45. The molecule has 1 unspecified atom stereocenters. The van der Waals surface area contributed by atoms with Gasteiger partial charge in [-0.2, -0.15) is 4.31 Å². The number of carbonyl (C=O) groups excluding carboxylic acids is 1. The van der Waals surface area contributed by atoms with Crippen molar-refractivity contribution >= 4 is 21.9 Å². The molecule has 0 heterocycles. The van der Waals surface area contributed by atoms with Gasteiger partial charge < -0.3 is 10.4 Å². The summed E-state index contributed by atoms with van der Waals surface area (Å²) in [5.41, 5.74) is 0. The van der Waals surface area contributed by atoms with Crippen molar-refractivity contribution < 1.29 is 23.1 Å². The van der Waals surface area contributed by atoms with E-state index in [-0.39, 0.29) is 30.3 Å². The van der Waals surface area contributed by atoms with E-state index in [0.717, 1.165) is 4.31 Å². The SMILES string of the molecule is CC(CNC(=O)CN(C)S(=O)(=O)c1ccccc1)CC(=O)O. The van der Waals surface area contributed by atoms with Crippen LogP contribution in [0.2, 0.25) is 0 Å². The molecule has 0 bridgehead atoms. The van der Waals surface area contributed by atoms with Crippen molar-refractivity contribution in [2.45, 2.75) is 18.2 Å². The van der Waals surface area contributed by atoms with Crippen LogP contribution in [0.5, 0.6) is 0 Å². The van der Waals surface area contributed by atoms with E-state index >= 15 is 0 Å². The molecule has 0 aliphatic rings. The highest BCUT2D eigenvalue weighted by molar-refractivity contribution is 7.89. The topological polar surface area (TPSA) is 104 Å².